The van der Waals surface area contributed by atoms with Gasteiger partial charge in [0.15, 0.2) is 0 Å². The van der Waals surface area contributed by atoms with Crippen LogP contribution in [-0.2, 0) is 11.3 Å². The van der Waals surface area contributed by atoms with Crippen molar-refractivity contribution in [2.75, 3.05) is 13.1 Å². The monoisotopic (exact) mass is 224 g/mol. The van der Waals surface area contributed by atoms with Gasteiger partial charge in [0.2, 0.25) is 5.91 Å². The summed E-state index contributed by atoms with van der Waals surface area (Å²) in [6, 6.07) is 0. The molecule has 1 fully saturated rings. The third-order valence-electron chi connectivity index (χ3n) is 2.60. The maximum atomic E-state index is 11.3. The van der Waals surface area contributed by atoms with Crippen LogP contribution in [0.4, 0.5) is 5.69 Å². The molecule has 7 heteroatoms. The maximum absolute atomic E-state index is 11.3. The number of amides is 1. The number of hydrogen-bond donors (Lipinski definition) is 0. The third-order valence-corrected chi connectivity index (χ3v) is 2.60. The molecule has 1 amide bonds. The molecule has 1 aliphatic rings. The van der Waals surface area contributed by atoms with Gasteiger partial charge in [-0.3, -0.25) is 19.6 Å². The van der Waals surface area contributed by atoms with Crippen molar-refractivity contribution in [2.45, 2.75) is 19.4 Å². The van der Waals surface area contributed by atoms with Crippen LogP contribution in [0.5, 0.6) is 0 Å². The Bertz CT molecular complexity index is 415. The van der Waals surface area contributed by atoms with Crippen LogP contribution in [0, 0.1) is 10.1 Å². The van der Waals surface area contributed by atoms with Crippen LogP contribution in [0.2, 0.25) is 0 Å². The predicted octanol–water partition coefficient (Wildman–Crippen LogP) is 0.414. The zero-order chi connectivity index (χ0) is 11.5. The predicted molar refractivity (Wildman–Crippen MR) is 54.7 cm³/mol. The topological polar surface area (TPSA) is 81.3 Å². The Morgan fingerprint density at radius 1 is 1.50 bits per heavy atom. The highest BCUT2D eigenvalue weighted by Gasteiger charge is 2.19. The molecule has 16 heavy (non-hydrogen) atoms. The number of likely N-dealkylation sites (tertiary alicyclic amines) is 1. The molecule has 0 radical (unpaired) electrons. The minimum atomic E-state index is -0.482. The van der Waals surface area contributed by atoms with E-state index in [0.29, 0.717) is 19.5 Å². The van der Waals surface area contributed by atoms with E-state index in [1.165, 1.54) is 17.1 Å². The molecule has 0 N–H and O–H groups in total. The molecule has 0 saturated carbocycles. The van der Waals surface area contributed by atoms with E-state index in [-0.39, 0.29) is 11.6 Å². The van der Waals surface area contributed by atoms with Gasteiger partial charge in [0.25, 0.3) is 0 Å². The lowest BCUT2D eigenvalue weighted by Crippen LogP contribution is -2.28. The molecule has 0 aromatic carbocycles. The van der Waals surface area contributed by atoms with Crippen molar-refractivity contribution in [3.63, 3.8) is 0 Å². The Balaban J connectivity index is 1.89. The molecule has 1 aliphatic heterocycles. The quantitative estimate of drug-likeness (QED) is 0.548. The van der Waals surface area contributed by atoms with Gasteiger partial charge in [0.05, 0.1) is 11.5 Å². The second-order valence-corrected chi connectivity index (χ2v) is 3.70. The van der Waals surface area contributed by atoms with Crippen molar-refractivity contribution in [3.8, 4) is 0 Å². The van der Waals surface area contributed by atoms with Crippen molar-refractivity contribution in [1.29, 1.82) is 0 Å². The molecule has 1 saturated heterocycles. The number of rotatable bonds is 4. The number of carbonyl (C=O) groups is 1. The molecule has 86 valence electrons. The van der Waals surface area contributed by atoms with E-state index < -0.39 is 4.92 Å². The molecule has 0 unspecified atom stereocenters. The standard InChI is InChI=1S/C9H12N4O3/c14-9-2-1-3-11(9)4-5-12-7-8(6-10-12)13(15)16/h6-7H,1-5H2. The minimum Gasteiger partial charge on any atom is -0.341 e. The first-order chi connectivity index (χ1) is 7.66. The van der Waals surface area contributed by atoms with Crippen LogP contribution in [0.3, 0.4) is 0 Å². The smallest absolute Gasteiger partial charge is 0.306 e. The van der Waals surface area contributed by atoms with Crippen LogP contribution >= 0.6 is 0 Å². The summed E-state index contributed by atoms with van der Waals surface area (Å²) < 4.78 is 1.49. The van der Waals surface area contributed by atoms with Gasteiger partial charge in [-0.05, 0) is 6.42 Å². The molecule has 2 rings (SSSR count). The number of aromatic nitrogens is 2. The summed E-state index contributed by atoms with van der Waals surface area (Å²) >= 11 is 0. The minimum absolute atomic E-state index is 0.0206. The first kappa shape index (κ1) is 10.6. The molecule has 1 aromatic rings. The number of nitrogens with zero attached hydrogens (tertiary/aromatic N) is 4. The van der Waals surface area contributed by atoms with Crippen LogP contribution < -0.4 is 0 Å². The van der Waals surface area contributed by atoms with E-state index in [9.17, 15) is 14.9 Å². The number of nitro groups is 1. The molecular formula is C9H12N4O3. The highest BCUT2D eigenvalue weighted by atomic mass is 16.6. The van der Waals surface area contributed by atoms with Gasteiger partial charge in [-0.25, -0.2) is 0 Å². The van der Waals surface area contributed by atoms with E-state index in [4.69, 9.17) is 0 Å². The zero-order valence-corrected chi connectivity index (χ0v) is 8.70. The van der Waals surface area contributed by atoms with Crippen molar-refractivity contribution in [1.82, 2.24) is 14.7 Å². The molecule has 0 atom stereocenters. The largest absolute Gasteiger partial charge is 0.341 e. The molecule has 1 aromatic heterocycles. The lowest BCUT2D eigenvalue weighted by molar-refractivity contribution is -0.385. The Morgan fingerprint density at radius 3 is 2.88 bits per heavy atom. The molecular weight excluding hydrogens is 212 g/mol. The summed E-state index contributed by atoms with van der Waals surface area (Å²) in [5.41, 5.74) is -0.0206. The normalized spacial score (nSPS) is 15.8. The highest BCUT2D eigenvalue weighted by Crippen LogP contribution is 2.11. The van der Waals surface area contributed by atoms with Gasteiger partial charge in [-0.2, -0.15) is 5.10 Å². The summed E-state index contributed by atoms with van der Waals surface area (Å²) in [7, 11) is 0. The number of hydrogen-bond acceptors (Lipinski definition) is 4. The summed E-state index contributed by atoms with van der Waals surface area (Å²) in [5.74, 6) is 0.154. The van der Waals surface area contributed by atoms with Crippen molar-refractivity contribution in [2.24, 2.45) is 0 Å². The van der Waals surface area contributed by atoms with Gasteiger partial charge >= 0.3 is 5.69 Å². The van der Waals surface area contributed by atoms with E-state index in [0.717, 1.165) is 13.0 Å². The van der Waals surface area contributed by atoms with Gasteiger partial charge in [0, 0.05) is 19.5 Å². The second-order valence-electron chi connectivity index (χ2n) is 3.70. The Labute approximate surface area is 91.8 Å². The Hall–Kier alpha value is -1.92. The summed E-state index contributed by atoms with van der Waals surface area (Å²) in [6.45, 7) is 1.85. The van der Waals surface area contributed by atoms with E-state index in [1.54, 1.807) is 4.90 Å². The van der Waals surface area contributed by atoms with Gasteiger partial charge < -0.3 is 4.90 Å². The first-order valence-electron chi connectivity index (χ1n) is 5.11. The fourth-order valence-corrected chi connectivity index (χ4v) is 1.73. The van der Waals surface area contributed by atoms with Crippen LogP contribution in [-0.4, -0.2) is 38.6 Å². The fraction of sp³-hybridized carbons (Fsp3) is 0.556. The Morgan fingerprint density at radius 2 is 2.31 bits per heavy atom. The molecule has 7 nitrogen and oxygen atoms in total. The van der Waals surface area contributed by atoms with Crippen molar-refractivity contribution < 1.29 is 9.72 Å². The summed E-state index contributed by atoms with van der Waals surface area (Å²) in [5, 5.41) is 14.3. The number of carbonyl (C=O) groups excluding carboxylic acids is 1. The van der Waals surface area contributed by atoms with Crippen molar-refractivity contribution >= 4 is 11.6 Å². The summed E-state index contributed by atoms with van der Waals surface area (Å²) in [6.07, 6.45) is 4.10. The van der Waals surface area contributed by atoms with E-state index in [2.05, 4.69) is 5.10 Å². The van der Waals surface area contributed by atoms with Gasteiger partial charge in [-0.1, -0.05) is 0 Å². The van der Waals surface area contributed by atoms with Crippen LogP contribution in [0.1, 0.15) is 12.8 Å². The van der Waals surface area contributed by atoms with Gasteiger partial charge in [-0.15, -0.1) is 0 Å². The average Bonchev–Trinajstić information content (AvgIpc) is 2.83. The first-order valence-corrected chi connectivity index (χ1v) is 5.11. The van der Waals surface area contributed by atoms with Gasteiger partial charge in [0.1, 0.15) is 12.4 Å². The lowest BCUT2D eigenvalue weighted by Gasteiger charge is -2.14. The highest BCUT2D eigenvalue weighted by molar-refractivity contribution is 5.77. The SMILES string of the molecule is O=C1CCCN1CCn1cc([N+](=O)[O-])cn1. The molecule has 0 aliphatic carbocycles. The summed E-state index contributed by atoms with van der Waals surface area (Å²) in [4.78, 5) is 23.0. The average molecular weight is 224 g/mol. The lowest BCUT2D eigenvalue weighted by atomic mass is 10.4. The van der Waals surface area contributed by atoms with Crippen molar-refractivity contribution in [3.05, 3.63) is 22.5 Å². The fourth-order valence-electron chi connectivity index (χ4n) is 1.73. The van der Waals surface area contributed by atoms with Crippen LogP contribution in [0.25, 0.3) is 0 Å². The van der Waals surface area contributed by atoms with Crippen LogP contribution in [0.15, 0.2) is 12.4 Å². The Kier molecular flexibility index (Phi) is 2.84. The zero-order valence-electron chi connectivity index (χ0n) is 8.70. The molecule has 2 heterocycles. The third kappa shape index (κ3) is 2.18. The molecule has 0 spiro atoms. The van der Waals surface area contributed by atoms with E-state index in [1.807, 2.05) is 0 Å². The molecule has 0 bridgehead atoms. The van der Waals surface area contributed by atoms with E-state index >= 15 is 0 Å². The maximum Gasteiger partial charge on any atom is 0.306 e. The second kappa shape index (κ2) is 4.30.